The van der Waals surface area contributed by atoms with Crippen molar-refractivity contribution in [2.75, 3.05) is 19.7 Å². The van der Waals surface area contributed by atoms with Crippen molar-refractivity contribution in [1.29, 1.82) is 0 Å². The van der Waals surface area contributed by atoms with E-state index >= 15 is 0 Å². The Labute approximate surface area is 110 Å². The van der Waals surface area contributed by atoms with E-state index in [1.54, 1.807) is 0 Å². The number of rotatable bonds is 5. The van der Waals surface area contributed by atoms with Crippen LogP contribution in [0, 0.1) is 5.92 Å². The first-order valence-corrected chi connectivity index (χ1v) is 7.39. The van der Waals surface area contributed by atoms with Gasteiger partial charge in [-0.3, -0.25) is 4.79 Å². The largest absolute Gasteiger partial charge is 0.378 e. The molecule has 2 rings (SSSR count). The fraction of sp³-hybridized carbons (Fsp3) is 0.929. The van der Waals surface area contributed by atoms with Crippen LogP contribution in [0.15, 0.2) is 0 Å². The van der Waals surface area contributed by atoms with Gasteiger partial charge >= 0.3 is 0 Å². The molecule has 4 nitrogen and oxygen atoms in total. The molecular formula is C14H26N2O2. The molecule has 2 fully saturated rings. The molecule has 1 amide bonds. The lowest BCUT2D eigenvalue weighted by Crippen LogP contribution is -2.39. The molecule has 0 radical (unpaired) electrons. The average molecular weight is 254 g/mol. The number of amides is 1. The van der Waals surface area contributed by atoms with Crippen LogP contribution in [0.25, 0.3) is 0 Å². The molecule has 1 aliphatic heterocycles. The number of carbonyl (C=O) groups is 1. The zero-order chi connectivity index (χ0) is 12.8. The van der Waals surface area contributed by atoms with Crippen LogP contribution in [0.5, 0.6) is 0 Å². The summed E-state index contributed by atoms with van der Waals surface area (Å²) in [5, 5.41) is 6.55. The predicted molar refractivity (Wildman–Crippen MR) is 71.4 cm³/mol. The summed E-state index contributed by atoms with van der Waals surface area (Å²) in [6, 6.07) is 0.385. The Balaban J connectivity index is 1.60. The van der Waals surface area contributed by atoms with Gasteiger partial charge in [-0.25, -0.2) is 0 Å². The maximum absolute atomic E-state index is 11.9. The van der Waals surface area contributed by atoms with E-state index in [1.807, 2.05) is 6.92 Å². The van der Waals surface area contributed by atoms with Crippen molar-refractivity contribution in [3.63, 3.8) is 0 Å². The Hall–Kier alpha value is -0.610. The smallest absolute Gasteiger partial charge is 0.220 e. The molecule has 1 saturated carbocycles. The van der Waals surface area contributed by atoms with Gasteiger partial charge in [0.15, 0.2) is 0 Å². The van der Waals surface area contributed by atoms with E-state index in [4.69, 9.17) is 4.74 Å². The van der Waals surface area contributed by atoms with E-state index in [9.17, 15) is 4.79 Å². The number of ether oxygens (including phenoxy) is 1. The highest BCUT2D eigenvalue weighted by molar-refractivity contribution is 5.76. The summed E-state index contributed by atoms with van der Waals surface area (Å²) >= 11 is 0. The van der Waals surface area contributed by atoms with Crippen molar-refractivity contribution in [3.05, 3.63) is 0 Å². The second-order valence-corrected chi connectivity index (χ2v) is 5.56. The number of carbonyl (C=O) groups excluding carboxylic acids is 1. The van der Waals surface area contributed by atoms with E-state index in [2.05, 4.69) is 10.6 Å². The number of hydrogen-bond donors (Lipinski definition) is 2. The molecule has 0 spiro atoms. The van der Waals surface area contributed by atoms with Gasteiger partial charge in [0.1, 0.15) is 0 Å². The highest BCUT2D eigenvalue weighted by atomic mass is 16.5. The van der Waals surface area contributed by atoms with E-state index in [0.717, 1.165) is 45.4 Å². The lowest BCUT2D eigenvalue weighted by Gasteiger charge is -2.34. The third kappa shape index (κ3) is 4.25. The first kappa shape index (κ1) is 13.8. The molecule has 1 aliphatic carbocycles. The van der Waals surface area contributed by atoms with Crippen molar-refractivity contribution < 1.29 is 9.53 Å². The minimum absolute atomic E-state index is 0.238. The molecule has 1 atom stereocenters. The van der Waals surface area contributed by atoms with Gasteiger partial charge in [0.05, 0.1) is 6.10 Å². The van der Waals surface area contributed by atoms with Crippen molar-refractivity contribution >= 4 is 5.91 Å². The van der Waals surface area contributed by atoms with E-state index in [1.165, 1.54) is 6.42 Å². The Morgan fingerprint density at radius 1 is 1.33 bits per heavy atom. The van der Waals surface area contributed by atoms with Crippen molar-refractivity contribution in [2.24, 2.45) is 5.92 Å². The molecule has 0 aromatic heterocycles. The van der Waals surface area contributed by atoms with Gasteiger partial charge < -0.3 is 15.4 Å². The topological polar surface area (TPSA) is 50.4 Å². The Morgan fingerprint density at radius 2 is 2.17 bits per heavy atom. The zero-order valence-electron chi connectivity index (χ0n) is 11.4. The van der Waals surface area contributed by atoms with Crippen molar-refractivity contribution in [2.45, 2.75) is 57.6 Å². The maximum atomic E-state index is 11.9. The van der Waals surface area contributed by atoms with E-state index < -0.39 is 0 Å². The van der Waals surface area contributed by atoms with Gasteiger partial charge in [-0.05, 0) is 58.0 Å². The minimum Gasteiger partial charge on any atom is -0.378 e. The fourth-order valence-corrected chi connectivity index (χ4v) is 2.93. The second-order valence-electron chi connectivity index (χ2n) is 5.56. The predicted octanol–water partition coefficient (Wildman–Crippen LogP) is 1.45. The zero-order valence-corrected chi connectivity index (χ0v) is 11.4. The van der Waals surface area contributed by atoms with E-state index in [0.29, 0.717) is 24.5 Å². The van der Waals surface area contributed by atoms with Crippen molar-refractivity contribution in [3.8, 4) is 0 Å². The van der Waals surface area contributed by atoms with Gasteiger partial charge in [-0.15, -0.1) is 0 Å². The van der Waals surface area contributed by atoms with Gasteiger partial charge in [-0.1, -0.05) is 0 Å². The van der Waals surface area contributed by atoms with Crippen LogP contribution < -0.4 is 10.6 Å². The fourth-order valence-electron chi connectivity index (χ4n) is 2.93. The molecule has 1 unspecified atom stereocenters. The summed E-state index contributed by atoms with van der Waals surface area (Å²) in [7, 11) is 0. The molecule has 1 saturated heterocycles. The van der Waals surface area contributed by atoms with Gasteiger partial charge in [0, 0.05) is 19.1 Å². The average Bonchev–Trinajstić information content (AvgIpc) is 2.55. The summed E-state index contributed by atoms with van der Waals surface area (Å²) < 4.78 is 5.52. The molecular weight excluding hydrogens is 228 g/mol. The summed E-state index contributed by atoms with van der Waals surface area (Å²) in [5.41, 5.74) is 0. The molecule has 0 aromatic rings. The van der Waals surface area contributed by atoms with Crippen LogP contribution in [-0.2, 0) is 9.53 Å². The highest BCUT2D eigenvalue weighted by Gasteiger charge is 2.31. The summed E-state index contributed by atoms with van der Waals surface area (Å²) in [6.07, 6.45) is 6.58. The van der Waals surface area contributed by atoms with Crippen LogP contribution in [0.3, 0.4) is 0 Å². The third-order valence-corrected chi connectivity index (χ3v) is 4.01. The van der Waals surface area contributed by atoms with Crippen LogP contribution in [0.4, 0.5) is 0 Å². The standard InChI is InChI=1S/C14H26N2O2/c1-2-18-13-8-11(9-13)10-14(17)16-12-4-3-6-15-7-5-12/h11-13,15H,2-10H2,1H3,(H,16,17). The Morgan fingerprint density at radius 3 is 2.94 bits per heavy atom. The quantitative estimate of drug-likeness (QED) is 0.781. The summed E-state index contributed by atoms with van der Waals surface area (Å²) in [6.45, 7) is 4.94. The first-order chi connectivity index (χ1) is 8.78. The molecule has 18 heavy (non-hydrogen) atoms. The second kappa shape index (κ2) is 7.10. The lowest BCUT2D eigenvalue weighted by molar-refractivity contribution is -0.125. The molecule has 0 aromatic carbocycles. The van der Waals surface area contributed by atoms with Crippen LogP contribution >= 0.6 is 0 Å². The molecule has 4 heteroatoms. The Bertz CT molecular complexity index is 257. The Kier molecular flexibility index (Phi) is 5.45. The van der Waals surface area contributed by atoms with Crippen LogP contribution in [0.1, 0.15) is 45.4 Å². The third-order valence-electron chi connectivity index (χ3n) is 4.01. The maximum Gasteiger partial charge on any atom is 0.220 e. The SMILES string of the molecule is CCOC1CC(CC(=O)NC2CCCNCC2)C1. The van der Waals surface area contributed by atoms with Gasteiger partial charge in [0.2, 0.25) is 5.91 Å². The summed E-state index contributed by atoms with van der Waals surface area (Å²) in [5.74, 6) is 0.785. The van der Waals surface area contributed by atoms with Gasteiger partial charge in [-0.2, -0.15) is 0 Å². The molecule has 104 valence electrons. The lowest BCUT2D eigenvalue weighted by atomic mass is 9.80. The molecule has 2 aliphatic rings. The molecule has 2 N–H and O–H groups in total. The van der Waals surface area contributed by atoms with Crippen LogP contribution in [0.2, 0.25) is 0 Å². The first-order valence-electron chi connectivity index (χ1n) is 7.39. The number of hydrogen-bond acceptors (Lipinski definition) is 3. The highest BCUT2D eigenvalue weighted by Crippen LogP contribution is 2.32. The minimum atomic E-state index is 0.238. The van der Waals surface area contributed by atoms with Gasteiger partial charge in [0.25, 0.3) is 0 Å². The molecule has 0 bridgehead atoms. The van der Waals surface area contributed by atoms with Crippen molar-refractivity contribution in [1.82, 2.24) is 10.6 Å². The number of nitrogens with one attached hydrogen (secondary N) is 2. The van der Waals surface area contributed by atoms with E-state index in [-0.39, 0.29) is 5.91 Å². The normalized spacial score (nSPS) is 32.4. The van der Waals surface area contributed by atoms with Crippen LogP contribution in [-0.4, -0.2) is 37.7 Å². The molecule has 1 heterocycles. The monoisotopic (exact) mass is 254 g/mol. The summed E-state index contributed by atoms with van der Waals surface area (Å²) in [4.78, 5) is 11.9.